The van der Waals surface area contributed by atoms with Gasteiger partial charge in [0.25, 0.3) is 0 Å². The molecule has 31 heavy (non-hydrogen) atoms. The lowest BCUT2D eigenvalue weighted by Crippen LogP contribution is -2.49. The van der Waals surface area contributed by atoms with Crippen molar-refractivity contribution in [2.75, 3.05) is 44.7 Å². The third kappa shape index (κ3) is 5.01. The number of hydrogen-bond acceptors (Lipinski definition) is 4. The van der Waals surface area contributed by atoms with Crippen LogP contribution in [-0.2, 0) is 16.0 Å². The van der Waals surface area contributed by atoms with Crippen LogP contribution in [0.4, 0.5) is 5.69 Å². The zero-order valence-electron chi connectivity index (χ0n) is 18.2. The number of carbonyl (C=O) groups is 2. The monoisotopic (exact) mass is 421 g/mol. The molecule has 6 heteroatoms. The summed E-state index contributed by atoms with van der Waals surface area (Å²) in [7, 11) is 1.67. The lowest BCUT2D eigenvalue weighted by Gasteiger charge is -2.30. The Hall–Kier alpha value is -3.02. The molecule has 2 aromatic carbocycles. The summed E-state index contributed by atoms with van der Waals surface area (Å²) in [6, 6.07) is 17.5. The van der Waals surface area contributed by atoms with Crippen molar-refractivity contribution in [2.24, 2.45) is 0 Å². The minimum Gasteiger partial charge on any atom is -0.497 e. The molecule has 2 heterocycles. The van der Waals surface area contributed by atoms with Crippen LogP contribution >= 0.6 is 0 Å². The summed E-state index contributed by atoms with van der Waals surface area (Å²) in [5.41, 5.74) is 2.14. The Kier molecular flexibility index (Phi) is 6.75. The second kappa shape index (κ2) is 9.86. The van der Waals surface area contributed by atoms with E-state index in [4.69, 9.17) is 4.74 Å². The molecule has 2 fully saturated rings. The van der Waals surface area contributed by atoms with Crippen LogP contribution in [-0.4, -0.2) is 67.5 Å². The predicted octanol–water partition coefficient (Wildman–Crippen LogP) is 2.97. The second-order valence-corrected chi connectivity index (χ2v) is 8.27. The smallest absolute Gasteiger partial charge is 0.245 e. The van der Waals surface area contributed by atoms with E-state index in [1.54, 1.807) is 7.11 Å². The van der Waals surface area contributed by atoms with Crippen LogP contribution in [0.2, 0.25) is 0 Å². The third-order valence-corrected chi connectivity index (χ3v) is 6.30. The summed E-state index contributed by atoms with van der Waals surface area (Å²) in [4.78, 5) is 32.3. The van der Waals surface area contributed by atoms with E-state index in [1.807, 2.05) is 52.3 Å². The number of benzene rings is 2. The van der Waals surface area contributed by atoms with Crippen molar-refractivity contribution in [3.63, 3.8) is 0 Å². The minimum absolute atomic E-state index is 0.0525. The maximum atomic E-state index is 13.3. The van der Waals surface area contributed by atoms with Gasteiger partial charge in [0, 0.05) is 38.4 Å². The SMILES string of the molecule is COc1ccc(N2CCCN(C(=O)C3CCCN3C(=O)Cc3ccccc3)CC2)cc1. The van der Waals surface area contributed by atoms with E-state index < -0.39 is 0 Å². The molecule has 0 aliphatic carbocycles. The van der Waals surface area contributed by atoms with Crippen molar-refractivity contribution in [3.05, 3.63) is 60.2 Å². The van der Waals surface area contributed by atoms with Crippen LogP contribution in [0.3, 0.4) is 0 Å². The van der Waals surface area contributed by atoms with Crippen molar-refractivity contribution in [2.45, 2.75) is 31.7 Å². The Labute approximate surface area is 184 Å². The van der Waals surface area contributed by atoms with Crippen LogP contribution in [0, 0.1) is 0 Å². The van der Waals surface area contributed by atoms with Gasteiger partial charge in [-0.2, -0.15) is 0 Å². The highest BCUT2D eigenvalue weighted by atomic mass is 16.5. The van der Waals surface area contributed by atoms with Gasteiger partial charge in [0.2, 0.25) is 11.8 Å². The molecule has 6 nitrogen and oxygen atoms in total. The van der Waals surface area contributed by atoms with Crippen LogP contribution in [0.5, 0.6) is 5.75 Å². The number of ether oxygens (including phenoxy) is 1. The summed E-state index contributed by atoms with van der Waals surface area (Å²) in [6.45, 7) is 3.80. The molecule has 0 N–H and O–H groups in total. The molecule has 1 atom stereocenters. The van der Waals surface area contributed by atoms with Crippen LogP contribution in [0.1, 0.15) is 24.8 Å². The predicted molar refractivity (Wildman–Crippen MR) is 121 cm³/mol. The first-order valence-corrected chi connectivity index (χ1v) is 11.2. The molecule has 2 aliphatic rings. The van der Waals surface area contributed by atoms with Gasteiger partial charge < -0.3 is 19.4 Å². The molecule has 2 aliphatic heterocycles. The molecule has 0 radical (unpaired) electrons. The van der Waals surface area contributed by atoms with Crippen LogP contribution in [0.15, 0.2) is 54.6 Å². The fraction of sp³-hybridized carbons (Fsp3) is 0.440. The molecule has 0 spiro atoms. The Morgan fingerprint density at radius 2 is 1.68 bits per heavy atom. The number of anilines is 1. The van der Waals surface area contributed by atoms with Gasteiger partial charge in [-0.3, -0.25) is 9.59 Å². The molecule has 1 unspecified atom stereocenters. The number of likely N-dealkylation sites (tertiary alicyclic amines) is 1. The number of rotatable bonds is 5. The second-order valence-electron chi connectivity index (χ2n) is 8.27. The quantitative estimate of drug-likeness (QED) is 0.745. The van der Waals surface area contributed by atoms with Gasteiger partial charge in [0.1, 0.15) is 11.8 Å². The van der Waals surface area contributed by atoms with Gasteiger partial charge >= 0.3 is 0 Å². The van der Waals surface area contributed by atoms with E-state index in [0.717, 1.165) is 55.9 Å². The van der Waals surface area contributed by atoms with Gasteiger partial charge in [0.05, 0.1) is 13.5 Å². The topological polar surface area (TPSA) is 53.1 Å². The molecular formula is C25H31N3O3. The third-order valence-electron chi connectivity index (χ3n) is 6.30. The van der Waals surface area contributed by atoms with Crippen molar-refractivity contribution >= 4 is 17.5 Å². The lowest BCUT2D eigenvalue weighted by molar-refractivity contribution is -0.143. The van der Waals surface area contributed by atoms with E-state index in [0.29, 0.717) is 19.5 Å². The van der Waals surface area contributed by atoms with E-state index in [2.05, 4.69) is 17.0 Å². The Bertz CT molecular complexity index is 885. The number of methoxy groups -OCH3 is 1. The highest BCUT2D eigenvalue weighted by Crippen LogP contribution is 2.24. The minimum atomic E-state index is -0.316. The highest BCUT2D eigenvalue weighted by molar-refractivity contribution is 5.89. The Morgan fingerprint density at radius 3 is 2.42 bits per heavy atom. The maximum absolute atomic E-state index is 13.3. The number of hydrogen-bond donors (Lipinski definition) is 0. The van der Waals surface area contributed by atoms with Crippen LogP contribution < -0.4 is 9.64 Å². The molecule has 0 saturated carbocycles. The van der Waals surface area contributed by atoms with Gasteiger partial charge in [-0.1, -0.05) is 30.3 Å². The van der Waals surface area contributed by atoms with E-state index in [9.17, 15) is 9.59 Å². The average Bonchev–Trinajstić information content (AvgIpc) is 3.17. The maximum Gasteiger partial charge on any atom is 0.245 e. The first-order valence-electron chi connectivity index (χ1n) is 11.2. The zero-order chi connectivity index (χ0) is 21.6. The first kappa shape index (κ1) is 21.2. The molecule has 164 valence electrons. The summed E-state index contributed by atoms with van der Waals surface area (Å²) in [5.74, 6) is 1.00. The molecule has 2 aromatic rings. The molecular weight excluding hydrogens is 390 g/mol. The summed E-state index contributed by atoms with van der Waals surface area (Å²) in [5, 5.41) is 0. The van der Waals surface area contributed by atoms with Crippen molar-refractivity contribution in [1.82, 2.24) is 9.80 Å². The number of amides is 2. The summed E-state index contributed by atoms with van der Waals surface area (Å²) in [6.07, 6.45) is 2.93. The fourth-order valence-electron chi connectivity index (χ4n) is 4.59. The first-order chi connectivity index (χ1) is 15.2. The largest absolute Gasteiger partial charge is 0.497 e. The molecule has 2 amide bonds. The van der Waals surface area contributed by atoms with Crippen molar-refractivity contribution in [3.8, 4) is 5.75 Å². The fourth-order valence-corrected chi connectivity index (χ4v) is 4.59. The standard InChI is InChI=1S/C25H31N3O3/c1-31-22-12-10-21(11-13-22)26-14-6-15-27(18-17-26)25(30)23-9-5-16-28(23)24(29)19-20-7-3-2-4-8-20/h2-4,7-8,10-13,23H,5-6,9,14-19H2,1H3. The number of carbonyl (C=O) groups excluding carboxylic acids is 2. The van der Waals surface area contributed by atoms with E-state index in [-0.39, 0.29) is 17.9 Å². The molecule has 4 rings (SSSR count). The number of nitrogens with zero attached hydrogens (tertiary/aromatic N) is 3. The van der Waals surface area contributed by atoms with Crippen LogP contribution in [0.25, 0.3) is 0 Å². The Morgan fingerprint density at radius 1 is 0.903 bits per heavy atom. The highest BCUT2D eigenvalue weighted by Gasteiger charge is 2.36. The normalized spacial score (nSPS) is 19.3. The molecule has 0 bridgehead atoms. The van der Waals surface area contributed by atoms with Gasteiger partial charge in [-0.15, -0.1) is 0 Å². The Balaban J connectivity index is 1.37. The van der Waals surface area contributed by atoms with Gasteiger partial charge in [-0.05, 0) is 49.1 Å². The molecule has 0 aromatic heterocycles. The lowest BCUT2D eigenvalue weighted by atomic mass is 10.1. The van der Waals surface area contributed by atoms with Crippen molar-refractivity contribution < 1.29 is 14.3 Å². The molecule has 2 saturated heterocycles. The van der Waals surface area contributed by atoms with Gasteiger partial charge in [0.15, 0.2) is 0 Å². The van der Waals surface area contributed by atoms with E-state index >= 15 is 0 Å². The van der Waals surface area contributed by atoms with Gasteiger partial charge in [-0.25, -0.2) is 0 Å². The average molecular weight is 422 g/mol. The zero-order valence-corrected chi connectivity index (χ0v) is 18.2. The summed E-state index contributed by atoms with van der Waals surface area (Å²) < 4.78 is 5.25. The van der Waals surface area contributed by atoms with E-state index in [1.165, 1.54) is 0 Å². The summed E-state index contributed by atoms with van der Waals surface area (Å²) >= 11 is 0. The van der Waals surface area contributed by atoms with Crippen molar-refractivity contribution in [1.29, 1.82) is 0 Å².